The predicted octanol–water partition coefficient (Wildman–Crippen LogP) is 3.57. The number of halogens is 3. The Morgan fingerprint density at radius 2 is 1.73 bits per heavy atom. The predicted molar refractivity (Wildman–Crippen MR) is 89.2 cm³/mol. The Balaban J connectivity index is 1.72. The molecule has 3 rings (SSSR count). The van der Waals surface area contributed by atoms with Crippen LogP contribution in [0.25, 0.3) is 0 Å². The summed E-state index contributed by atoms with van der Waals surface area (Å²) < 4.78 is 40.0. The molecule has 1 amide bonds. The quantitative estimate of drug-likeness (QED) is 0.685. The highest BCUT2D eigenvalue weighted by Crippen LogP contribution is 2.23. The van der Waals surface area contributed by atoms with Crippen LogP contribution in [0, 0.1) is 17.5 Å². The van der Waals surface area contributed by atoms with Crippen LogP contribution in [0.15, 0.2) is 55.0 Å². The fourth-order valence-corrected chi connectivity index (χ4v) is 2.18. The van der Waals surface area contributed by atoms with Crippen molar-refractivity contribution in [3.63, 3.8) is 0 Å². The molecule has 2 heterocycles. The van der Waals surface area contributed by atoms with Gasteiger partial charge in [0.05, 0.1) is 5.69 Å². The molecule has 8 heteroatoms. The maximum atomic E-state index is 13.7. The molecule has 0 aliphatic rings. The van der Waals surface area contributed by atoms with Crippen molar-refractivity contribution in [2.75, 3.05) is 5.32 Å². The van der Waals surface area contributed by atoms with E-state index in [1.165, 1.54) is 18.3 Å². The first-order chi connectivity index (χ1) is 12.5. The van der Waals surface area contributed by atoms with Gasteiger partial charge in [0.25, 0.3) is 5.91 Å². The minimum atomic E-state index is -1.57. The van der Waals surface area contributed by atoms with E-state index in [1.807, 2.05) is 0 Å². The molecule has 0 aliphatic carbocycles. The van der Waals surface area contributed by atoms with Gasteiger partial charge < -0.3 is 10.6 Å². The van der Waals surface area contributed by atoms with Crippen molar-refractivity contribution in [3.05, 3.63) is 83.7 Å². The number of anilines is 2. The monoisotopic (exact) mass is 358 g/mol. The zero-order valence-corrected chi connectivity index (χ0v) is 13.3. The van der Waals surface area contributed by atoms with E-state index >= 15 is 0 Å². The van der Waals surface area contributed by atoms with Crippen LogP contribution in [-0.2, 0) is 6.54 Å². The highest BCUT2D eigenvalue weighted by Gasteiger charge is 2.14. The lowest BCUT2D eigenvalue weighted by molar-refractivity contribution is 0.0946. The third kappa shape index (κ3) is 3.97. The van der Waals surface area contributed by atoms with Gasteiger partial charge >= 0.3 is 0 Å². The van der Waals surface area contributed by atoms with Crippen LogP contribution >= 0.6 is 0 Å². The molecule has 132 valence electrons. The van der Waals surface area contributed by atoms with E-state index in [0.29, 0.717) is 12.2 Å². The zero-order valence-electron chi connectivity index (χ0n) is 13.3. The van der Waals surface area contributed by atoms with Crippen LogP contribution in [0.2, 0.25) is 0 Å². The van der Waals surface area contributed by atoms with E-state index in [1.54, 1.807) is 24.5 Å². The lowest BCUT2D eigenvalue weighted by atomic mass is 10.2. The Bertz CT molecular complexity index is 935. The number of hydrogen-bond donors (Lipinski definition) is 2. The van der Waals surface area contributed by atoms with Crippen LogP contribution in [0.1, 0.15) is 16.1 Å². The molecular weight excluding hydrogens is 345 g/mol. The molecule has 0 atom stereocenters. The Morgan fingerprint density at radius 1 is 0.962 bits per heavy atom. The Morgan fingerprint density at radius 3 is 2.50 bits per heavy atom. The maximum Gasteiger partial charge on any atom is 0.270 e. The summed E-state index contributed by atoms with van der Waals surface area (Å²) in [5.41, 5.74) is 1.01. The number of carbonyl (C=O) groups is 1. The van der Waals surface area contributed by atoms with Crippen molar-refractivity contribution in [2.24, 2.45) is 0 Å². The number of nitrogens with one attached hydrogen (secondary N) is 2. The van der Waals surface area contributed by atoms with Crippen LogP contribution in [0.3, 0.4) is 0 Å². The molecule has 26 heavy (non-hydrogen) atoms. The molecule has 0 fully saturated rings. The SMILES string of the molecule is O=C(NCc1ccncc1)c1cc(Nc2ccc(F)c(F)c2F)ccn1. The van der Waals surface area contributed by atoms with Gasteiger partial charge in [-0.2, -0.15) is 0 Å². The van der Waals surface area contributed by atoms with Gasteiger partial charge in [-0.1, -0.05) is 0 Å². The van der Waals surface area contributed by atoms with Gasteiger partial charge in [-0.3, -0.25) is 14.8 Å². The summed E-state index contributed by atoms with van der Waals surface area (Å²) >= 11 is 0. The molecule has 0 spiro atoms. The molecule has 5 nitrogen and oxygen atoms in total. The number of amides is 1. The number of hydrogen-bond acceptors (Lipinski definition) is 4. The van der Waals surface area contributed by atoms with Gasteiger partial charge in [-0.15, -0.1) is 0 Å². The van der Waals surface area contributed by atoms with Gasteiger partial charge in [-0.25, -0.2) is 13.2 Å². The fraction of sp³-hybridized carbons (Fsp3) is 0.0556. The molecule has 2 aromatic heterocycles. The van der Waals surface area contributed by atoms with Gasteiger partial charge in [-0.05, 0) is 42.0 Å². The maximum absolute atomic E-state index is 13.7. The lowest BCUT2D eigenvalue weighted by Gasteiger charge is -2.10. The Kier molecular flexibility index (Phi) is 5.12. The molecular formula is C18H13F3N4O. The number of aromatic nitrogens is 2. The molecule has 2 N–H and O–H groups in total. The average Bonchev–Trinajstić information content (AvgIpc) is 2.67. The van der Waals surface area contributed by atoms with Gasteiger partial charge in [0, 0.05) is 30.8 Å². The topological polar surface area (TPSA) is 66.9 Å². The van der Waals surface area contributed by atoms with Crippen molar-refractivity contribution in [1.29, 1.82) is 0 Å². The van der Waals surface area contributed by atoms with Gasteiger partial charge in [0.2, 0.25) is 0 Å². The molecule has 1 aromatic carbocycles. The highest BCUT2D eigenvalue weighted by atomic mass is 19.2. The number of benzene rings is 1. The van der Waals surface area contributed by atoms with Crippen molar-refractivity contribution >= 4 is 17.3 Å². The lowest BCUT2D eigenvalue weighted by Crippen LogP contribution is -2.23. The number of carbonyl (C=O) groups excluding carboxylic acids is 1. The second-order valence-electron chi connectivity index (χ2n) is 5.32. The summed E-state index contributed by atoms with van der Waals surface area (Å²) in [5.74, 6) is -4.62. The van der Waals surface area contributed by atoms with Crippen LogP contribution in [-0.4, -0.2) is 15.9 Å². The molecule has 0 unspecified atom stereocenters. The first-order valence-electron chi connectivity index (χ1n) is 7.58. The van der Waals surface area contributed by atoms with E-state index in [4.69, 9.17) is 0 Å². The summed E-state index contributed by atoms with van der Waals surface area (Å²) in [6.45, 7) is 0.290. The Hall–Kier alpha value is -3.42. The molecule has 0 saturated heterocycles. The van der Waals surface area contributed by atoms with E-state index in [-0.39, 0.29) is 11.4 Å². The molecule has 0 saturated carbocycles. The number of pyridine rings is 2. The summed E-state index contributed by atoms with van der Waals surface area (Å²) in [6, 6.07) is 8.25. The normalized spacial score (nSPS) is 10.4. The van der Waals surface area contributed by atoms with E-state index in [0.717, 1.165) is 17.7 Å². The fourth-order valence-electron chi connectivity index (χ4n) is 2.18. The molecule has 0 radical (unpaired) electrons. The van der Waals surface area contributed by atoms with Crippen LogP contribution < -0.4 is 10.6 Å². The summed E-state index contributed by atoms with van der Waals surface area (Å²) in [4.78, 5) is 20.0. The smallest absolute Gasteiger partial charge is 0.270 e. The van der Waals surface area contributed by atoms with E-state index < -0.39 is 23.4 Å². The summed E-state index contributed by atoms with van der Waals surface area (Å²) in [7, 11) is 0. The van der Waals surface area contributed by atoms with Crippen LogP contribution in [0.4, 0.5) is 24.5 Å². The van der Waals surface area contributed by atoms with E-state index in [9.17, 15) is 18.0 Å². The molecule has 0 bridgehead atoms. The van der Waals surface area contributed by atoms with Crippen LogP contribution in [0.5, 0.6) is 0 Å². The number of rotatable bonds is 5. The van der Waals surface area contributed by atoms with Gasteiger partial charge in [0.15, 0.2) is 17.5 Å². The zero-order chi connectivity index (χ0) is 18.5. The third-order valence-corrected chi connectivity index (χ3v) is 3.51. The van der Waals surface area contributed by atoms with E-state index in [2.05, 4.69) is 20.6 Å². The Labute approximate surface area is 146 Å². The standard InChI is InChI=1S/C18H13F3N4O/c19-13-1-2-14(17(21)16(13)20)25-12-5-8-23-15(9-12)18(26)24-10-11-3-6-22-7-4-11/h1-9H,10H2,(H,23,25)(H,24,26). The first kappa shape index (κ1) is 17.4. The summed E-state index contributed by atoms with van der Waals surface area (Å²) in [6.07, 6.45) is 4.57. The largest absolute Gasteiger partial charge is 0.353 e. The molecule has 3 aromatic rings. The highest BCUT2D eigenvalue weighted by molar-refractivity contribution is 5.93. The second kappa shape index (κ2) is 7.64. The van der Waals surface area contributed by atoms with Gasteiger partial charge in [0.1, 0.15) is 5.69 Å². The third-order valence-electron chi connectivity index (χ3n) is 3.51. The molecule has 0 aliphatic heterocycles. The minimum absolute atomic E-state index is 0.0899. The van der Waals surface area contributed by atoms with Crippen molar-refractivity contribution in [3.8, 4) is 0 Å². The van der Waals surface area contributed by atoms with Crippen molar-refractivity contribution in [2.45, 2.75) is 6.54 Å². The second-order valence-corrected chi connectivity index (χ2v) is 5.32. The average molecular weight is 358 g/mol. The van der Waals surface area contributed by atoms with Crippen molar-refractivity contribution < 1.29 is 18.0 Å². The van der Waals surface area contributed by atoms with Crippen molar-refractivity contribution in [1.82, 2.24) is 15.3 Å². The summed E-state index contributed by atoms with van der Waals surface area (Å²) in [5, 5.41) is 5.29. The first-order valence-corrected chi connectivity index (χ1v) is 7.58. The number of nitrogens with zero attached hydrogens (tertiary/aromatic N) is 2. The minimum Gasteiger partial charge on any atom is -0.353 e.